The van der Waals surface area contributed by atoms with Crippen molar-refractivity contribution in [3.05, 3.63) is 59.7 Å². The average Bonchev–Trinajstić information content (AvgIpc) is 2.71. The van der Waals surface area contributed by atoms with Gasteiger partial charge in [-0.3, -0.25) is 9.69 Å². The Morgan fingerprint density at radius 3 is 2.31 bits per heavy atom. The van der Waals surface area contributed by atoms with Crippen LogP contribution in [0.5, 0.6) is 0 Å². The van der Waals surface area contributed by atoms with E-state index in [1.54, 1.807) is 0 Å². The van der Waals surface area contributed by atoms with Gasteiger partial charge in [-0.2, -0.15) is 13.2 Å². The highest BCUT2D eigenvalue weighted by atomic mass is 19.4. The van der Waals surface area contributed by atoms with Gasteiger partial charge in [0, 0.05) is 44.1 Å². The van der Waals surface area contributed by atoms with Gasteiger partial charge in [0.1, 0.15) is 0 Å². The molecule has 156 valence electrons. The first-order valence-electron chi connectivity index (χ1n) is 9.62. The molecule has 1 heterocycles. The van der Waals surface area contributed by atoms with Gasteiger partial charge in [0.2, 0.25) is 0 Å². The van der Waals surface area contributed by atoms with Crippen molar-refractivity contribution in [2.45, 2.75) is 12.6 Å². The highest BCUT2D eigenvalue weighted by Gasteiger charge is 2.35. The summed E-state index contributed by atoms with van der Waals surface area (Å²) in [4.78, 5) is 16.3. The highest BCUT2D eigenvalue weighted by Crippen LogP contribution is 2.34. The smallest absolute Gasteiger partial charge is 0.384 e. The van der Waals surface area contributed by atoms with Crippen LogP contribution in [0.15, 0.2) is 48.5 Å². The molecule has 8 heteroatoms. The van der Waals surface area contributed by atoms with Gasteiger partial charge in [-0.1, -0.05) is 24.3 Å². The number of carbonyl (C=O) groups excluding carboxylic acids is 1. The molecule has 1 amide bonds. The minimum absolute atomic E-state index is 0.126. The Morgan fingerprint density at radius 2 is 1.69 bits per heavy atom. The van der Waals surface area contributed by atoms with E-state index in [2.05, 4.69) is 27.2 Å². The Hall–Kier alpha value is -2.74. The molecule has 3 rings (SSSR count). The van der Waals surface area contributed by atoms with Crippen LogP contribution in [0, 0.1) is 0 Å². The van der Waals surface area contributed by atoms with Crippen LogP contribution < -0.4 is 16.0 Å². The number of halogens is 3. The summed E-state index contributed by atoms with van der Waals surface area (Å²) in [5.41, 5.74) is 5.04. The summed E-state index contributed by atoms with van der Waals surface area (Å²) in [6.45, 7) is 5.05. The van der Waals surface area contributed by atoms with Crippen molar-refractivity contribution < 1.29 is 18.0 Å². The molecular formula is C21H25F3N4O. The molecule has 0 bridgehead atoms. The lowest BCUT2D eigenvalue weighted by atomic mass is 10.0. The van der Waals surface area contributed by atoms with Crippen LogP contribution in [0.2, 0.25) is 0 Å². The molecule has 0 aliphatic carbocycles. The number of hydrogen-bond donors (Lipinski definition) is 2. The number of amides is 1. The molecule has 29 heavy (non-hydrogen) atoms. The largest absolute Gasteiger partial charge is 0.417 e. The second-order valence-corrected chi connectivity index (χ2v) is 7.03. The van der Waals surface area contributed by atoms with Crippen molar-refractivity contribution in [3.8, 4) is 0 Å². The second kappa shape index (κ2) is 9.17. The number of primary amides is 1. The SMILES string of the molecule is NC(=O)c1c(NCCCN2CCN(c3ccccc3)CC2)cccc1C(F)(F)F. The maximum absolute atomic E-state index is 13.1. The molecule has 0 spiro atoms. The lowest BCUT2D eigenvalue weighted by Gasteiger charge is -2.36. The molecule has 1 fully saturated rings. The predicted molar refractivity (Wildman–Crippen MR) is 108 cm³/mol. The van der Waals surface area contributed by atoms with Crippen LogP contribution in [0.25, 0.3) is 0 Å². The van der Waals surface area contributed by atoms with E-state index in [0.717, 1.165) is 45.2 Å². The van der Waals surface area contributed by atoms with Crippen LogP contribution in [0.1, 0.15) is 22.3 Å². The molecule has 5 nitrogen and oxygen atoms in total. The first-order valence-corrected chi connectivity index (χ1v) is 9.62. The van der Waals surface area contributed by atoms with E-state index in [9.17, 15) is 18.0 Å². The van der Waals surface area contributed by atoms with Gasteiger partial charge in [0.15, 0.2) is 0 Å². The first kappa shape index (κ1) is 21.0. The van der Waals surface area contributed by atoms with Crippen LogP contribution >= 0.6 is 0 Å². The van der Waals surface area contributed by atoms with Crippen molar-refractivity contribution in [2.75, 3.05) is 49.5 Å². The standard InChI is InChI=1S/C21H25F3N4O/c22-21(23,24)17-8-4-9-18(19(17)20(25)29)26-10-5-11-27-12-14-28(15-13-27)16-6-2-1-3-7-16/h1-4,6-9,26H,5,10-15H2,(H2,25,29). The summed E-state index contributed by atoms with van der Waals surface area (Å²) in [6.07, 6.45) is -3.87. The number of anilines is 2. The maximum Gasteiger partial charge on any atom is 0.417 e. The van der Waals surface area contributed by atoms with E-state index in [1.807, 2.05) is 18.2 Å². The fraction of sp³-hybridized carbons (Fsp3) is 0.381. The third-order valence-corrected chi connectivity index (χ3v) is 5.08. The van der Waals surface area contributed by atoms with Gasteiger partial charge in [0.05, 0.1) is 11.1 Å². The monoisotopic (exact) mass is 406 g/mol. The van der Waals surface area contributed by atoms with Crippen LogP contribution in [-0.4, -0.2) is 50.1 Å². The van der Waals surface area contributed by atoms with Crippen molar-refractivity contribution in [3.63, 3.8) is 0 Å². The molecular weight excluding hydrogens is 381 g/mol. The summed E-state index contributed by atoms with van der Waals surface area (Å²) in [7, 11) is 0. The summed E-state index contributed by atoms with van der Waals surface area (Å²) in [5, 5.41) is 2.94. The lowest BCUT2D eigenvalue weighted by Crippen LogP contribution is -2.46. The fourth-order valence-corrected chi connectivity index (χ4v) is 3.60. The van der Waals surface area contributed by atoms with E-state index in [0.29, 0.717) is 6.54 Å². The zero-order chi connectivity index (χ0) is 20.9. The Labute approximate surface area is 168 Å². The number of hydrogen-bond acceptors (Lipinski definition) is 4. The molecule has 1 aliphatic rings. The van der Waals surface area contributed by atoms with Gasteiger partial charge in [-0.15, -0.1) is 0 Å². The van der Waals surface area contributed by atoms with Crippen molar-refractivity contribution in [2.24, 2.45) is 5.73 Å². The molecule has 1 saturated heterocycles. The zero-order valence-corrected chi connectivity index (χ0v) is 16.1. The quantitative estimate of drug-likeness (QED) is 0.692. The van der Waals surface area contributed by atoms with E-state index >= 15 is 0 Å². The molecule has 2 aromatic rings. The zero-order valence-electron chi connectivity index (χ0n) is 16.1. The molecule has 0 radical (unpaired) electrons. The fourth-order valence-electron chi connectivity index (χ4n) is 3.60. The summed E-state index contributed by atoms with van der Waals surface area (Å²) in [5.74, 6) is -1.09. The maximum atomic E-state index is 13.1. The van der Waals surface area contributed by atoms with Crippen molar-refractivity contribution >= 4 is 17.3 Å². The van der Waals surface area contributed by atoms with Crippen LogP contribution in [-0.2, 0) is 6.18 Å². The van der Waals surface area contributed by atoms with Crippen molar-refractivity contribution in [1.29, 1.82) is 0 Å². The highest BCUT2D eigenvalue weighted by molar-refractivity contribution is 6.00. The Balaban J connectivity index is 1.49. The van der Waals surface area contributed by atoms with E-state index in [-0.39, 0.29) is 5.69 Å². The number of rotatable bonds is 7. The molecule has 3 N–H and O–H groups in total. The number of piperazine rings is 1. The first-order chi connectivity index (χ1) is 13.9. The minimum Gasteiger partial charge on any atom is -0.384 e. The molecule has 0 atom stereocenters. The number of nitrogens with one attached hydrogen (secondary N) is 1. The molecule has 2 aromatic carbocycles. The number of nitrogens with zero attached hydrogens (tertiary/aromatic N) is 2. The summed E-state index contributed by atoms with van der Waals surface area (Å²) in [6, 6.07) is 13.9. The van der Waals surface area contributed by atoms with Crippen LogP contribution in [0.4, 0.5) is 24.5 Å². The Bertz CT molecular complexity index is 818. The number of alkyl halides is 3. The average molecular weight is 406 g/mol. The van der Waals surface area contributed by atoms with E-state index in [4.69, 9.17) is 5.73 Å². The topological polar surface area (TPSA) is 61.6 Å². The molecule has 0 unspecified atom stereocenters. The number of para-hydroxylation sites is 1. The summed E-state index contributed by atoms with van der Waals surface area (Å²) < 4.78 is 39.4. The number of benzene rings is 2. The van der Waals surface area contributed by atoms with Crippen LogP contribution in [0.3, 0.4) is 0 Å². The third kappa shape index (κ3) is 5.41. The minimum atomic E-state index is -4.62. The van der Waals surface area contributed by atoms with Gasteiger partial charge in [-0.05, 0) is 37.2 Å². The molecule has 1 aliphatic heterocycles. The normalized spacial score (nSPS) is 15.3. The van der Waals surface area contributed by atoms with Gasteiger partial charge in [0.25, 0.3) is 5.91 Å². The van der Waals surface area contributed by atoms with Gasteiger partial charge < -0.3 is 16.0 Å². The Kier molecular flexibility index (Phi) is 6.64. The number of carbonyl (C=O) groups is 1. The van der Waals surface area contributed by atoms with Crippen molar-refractivity contribution in [1.82, 2.24) is 4.90 Å². The second-order valence-electron chi connectivity index (χ2n) is 7.03. The molecule has 0 saturated carbocycles. The summed E-state index contributed by atoms with van der Waals surface area (Å²) >= 11 is 0. The lowest BCUT2D eigenvalue weighted by molar-refractivity contribution is -0.137. The molecule has 0 aromatic heterocycles. The van der Waals surface area contributed by atoms with E-state index in [1.165, 1.54) is 17.8 Å². The predicted octanol–water partition coefficient (Wildman–Crippen LogP) is 3.43. The number of nitrogens with two attached hydrogens (primary N) is 1. The van der Waals surface area contributed by atoms with Gasteiger partial charge >= 0.3 is 6.18 Å². The third-order valence-electron chi connectivity index (χ3n) is 5.08. The Morgan fingerprint density at radius 1 is 1.00 bits per heavy atom. The van der Waals surface area contributed by atoms with Gasteiger partial charge in [-0.25, -0.2) is 0 Å². The van der Waals surface area contributed by atoms with E-state index < -0.39 is 23.2 Å².